The summed E-state index contributed by atoms with van der Waals surface area (Å²) in [6.07, 6.45) is -2.12. The van der Waals surface area contributed by atoms with E-state index in [1.165, 1.54) is 41.5 Å². The summed E-state index contributed by atoms with van der Waals surface area (Å²) >= 11 is 0. The number of aromatic nitrogens is 3. The van der Waals surface area contributed by atoms with Gasteiger partial charge in [-0.15, -0.1) is 0 Å². The van der Waals surface area contributed by atoms with Crippen molar-refractivity contribution in [2.45, 2.75) is 72.0 Å². The monoisotopic (exact) mass is 575 g/mol. The highest BCUT2D eigenvalue weighted by Crippen LogP contribution is 2.29. The molecule has 0 saturated carbocycles. The first kappa shape index (κ1) is 31.1. The number of benzene rings is 1. The molecular weight excluding hydrogens is 543 g/mol. The minimum Gasteiger partial charge on any atom is -0.443 e. The average Bonchev–Trinajstić information content (AvgIpc) is 3.26. The number of carbonyl (C=O) groups is 3. The Kier molecular flexibility index (Phi) is 9.09. The first-order chi connectivity index (χ1) is 18.9. The number of ether oxygens (including phenoxy) is 2. The summed E-state index contributed by atoms with van der Waals surface area (Å²) in [6.45, 7) is 9.85. The highest BCUT2D eigenvalue weighted by molar-refractivity contribution is 6.03. The Labute approximate surface area is 235 Å². The van der Waals surface area contributed by atoms with Crippen molar-refractivity contribution in [3.8, 4) is 0 Å². The van der Waals surface area contributed by atoms with E-state index in [2.05, 4.69) is 15.3 Å². The summed E-state index contributed by atoms with van der Waals surface area (Å²) in [5.74, 6) is -0.350. The molecule has 0 aliphatic heterocycles. The van der Waals surface area contributed by atoms with Crippen LogP contribution in [-0.4, -0.2) is 48.7 Å². The van der Waals surface area contributed by atoms with Crippen LogP contribution in [0.2, 0.25) is 0 Å². The zero-order valence-corrected chi connectivity index (χ0v) is 23.6. The van der Waals surface area contributed by atoms with Crippen LogP contribution in [-0.2, 0) is 28.7 Å². The van der Waals surface area contributed by atoms with Gasteiger partial charge in [0.05, 0.1) is 29.7 Å². The van der Waals surface area contributed by atoms with Crippen LogP contribution >= 0.6 is 0 Å². The van der Waals surface area contributed by atoms with Crippen LogP contribution < -0.4 is 5.32 Å². The molecule has 2 aromatic heterocycles. The second-order valence-electron chi connectivity index (χ2n) is 11.2. The van der Waals surface area contributed by atoms with Gasteiger partial charge in [-0.1, -0.05) is 12.1 Å². The van der Waals surface area contributed by atoms with Crippen LogP contribution in [0.1, 0.15) is 68.7 Å². The molecular formula is C28H32F3N5O5. The summed E-state index contributed by atoms with van der Waals surface area (Å²) in [5.41, 5.74) is -1.58. The second kappa shape index (κ2) is 12.0. The van der Waals surface area contributed by atoms with E-state index in [0.29, 0.717) is 11.3 Å². The van der Waals surface area contributed by atoms with E-state index in [9.17, 15) is 27.6 Å². The summed E-state index contributed by atoms with van der Waals surface area (Å²) < 4.78 is 51.1. The molecule has 0 atom stereocenters. The molecule has 2 heterocycles. The first-order valence-corrected chi connectivity index (χ1v) is 12.6. The predicted octanol–water partition coefficient (Wildman–Crippen LogP) is 6.27. The third-order valence-corrected chi connectivity index (χ3v) is 5.13. The second-order valence-corrected chi connectivity index (χ2v) is 11.2. The molecule has 10 nitrogen and oxygen atoms in total. The molecule has 0 bridgehead atoms. The number of hydrogen-bond acceptors (Lipinski definition) is 7. The fourth-order valence-electron chi connectivity index (χ4n) is 3.41. The molecule has 0 saturated heterocycles. The van der Waals surface area contributed by atoms with Crippen molar-refractivity contribution in [2.75, 3.05) is 5.32 Å². The predicted molar refractivity (Wildman–Crippen MR) is 143 cm³/mol. The number of anilines is 1. The van der Waals surface area contributed by atoms with Crippen LogP contribution in [0.3, 0.4) is 0 Å². The van der Waals surface area contributed by atoms with Gasteiger partial charge in [0.25, 0.3) is 5.91 Å². The molecule has 1 N–H and O–H groups in total. The molecule has 0 spiro atoms. The van der Waals surface area contributed by atoms with Gasteiger partial charge in [0.15, 0.2) is 5.82 Å². The van der Waals surface area contributed by atoms with E-state index in [1.54, 1.807) is 47.6 Å². The number of amides is 3. The normalized spacial score (nSPS) is 12.0. The van der Waals surface area contributed by atoms with Crippen LogP contribution in [0.5, 0.6) is 0 Å². The molecule has 0 unspecified atom stereocenters. The van der Waals surface area contributed by atoms with Gasteiger partial charge in [-0.25, -0.2) is 19.5 Å². The Morgan fingerprint density at radius 2 is 1.56 bits per heavy atom. The van der Waals surface area contributed by atoms with Crippen molar-refractivity contribution in [3.63, 3.8) is 0 Å². The van der Waals surface area contributed by atoms with Crippen molar-refractivity contribution in [1.82, 2.24) is 19.4 Å². The Balaban J connectivity index is 1.66. The number of carbonyl (C=O) groups excluding carboxylic acids is 3. The number of hydrogen-bond donors (Lipinski definition) is 1. The molecule has 3 rings (SSSR count). The maximum Gasteiger partial charge on any atom is 0.420 e. The molecule has 13 heteroatoms. The number of nitrogens with one attached hydrogen (secondary N) is 1. The van der Waals surface area contributed by atoms with Crippen LogP contribution in [0.4, 0.5) is 28.6 Å². The van der Waals surface area contributed by atoms with Gasteiger partial charge in [-0.05, 0) is 71.4 Å². The highest BCUT2D eigenvalue weighted by atomic mass is 19.4. The molecule has 0 fully saturated rings. The number of alkyl halides is 3. The van der Waals surface area contributed by atoms with Gasteiger partial charge in [0.1, 0.15) is 11.2 Å². The zero-order chi connectivity index (χ0) is 30.6. The molecule has 0 radical (unpaired) electrons. The lowest BCUT2D eigenvalue weighted by Gasteiger charge is -2.28. The molecule has 0 aliphatic carbocycles. The largest absolute Gasteiger partial charge is 0.443 e. The van der Waals surface area contributed by atoms with Gasteiger partial charge < -0.3 is 19.4 Å². The Morgan fingerprint density at radius 1 is 0.927 bits per heavy atom. The topological polar surface area (TPSA) is 116 Å². The fourth-order valence-corrected chi connectivity index (χ4v) is 3.41. The van der Waals surface area contributed by atoms with E-state index in [-0.39, 0.29) is 24.5 Å². The number of imidazole rings is 1. The summed E-state index contributed by atoms with van der Waals surface area (Å²) in [7, 11) is 0. The first-order valence-electron chi connectivity index (χ1n) is 12.6. The summed E-state index contributed by atoms with van der Waals surface area (Å²) in [4.78, 5) is 47.2. The average molecular weight is 576 g/mol. The van der Waals surface area contributed by atoms with E-state index < -0.39 is 41.0 Å². The number of nitrogens with zero attached hydrogens (tertiary/aromatic N) is 4. The maximum absolute atomic E-state index is 13.0. The minimum absolute atomic E-state index is 0.120. The number of pyridine rings is 1. The van der Waals surface area contributed by atoms with E-state index in [1.807, 2.05) is 0 Å². The van der Waals surface area contributed by atoms with Crippen molar-refractivity contribution in [2.24, 2.45) is 0 Å². The molecule has 0 aliphatic rings. The quantitative estimate of drug-likeness (QED) is 0.368. The molecule has 3 aromatic rings. The van der Waals surface area contributed by atoms with Gasteiger partial charge >= 0.3 is 18.4 Å². The standard InChI is InChI=1S/C28H32F3N5O5/c1-26(2,3)40-24(38)36(25(39)41-27(4,5)6)15-21-11-10-19(13-32-21)23(37)34-22-16-35(17-33-22)14-18-8-7-9-20(12-18)28(29,30)31/h7-13,16-17H,14-15H2,1-6H3,(H,34,37). The van der Waals surface area contributed by atoms with Gasteiger partial charge in [0, 0.05) is 18.9 Å². The Morgan fingerprint density at radius 3 is 2.10 bits per heavy atom. The molecule has 3 amide bonds. The van der Waals surface area contributed by atoms with Crippen LogP contribution in [0.25, 0.3) is 0 Å². The van der Waals surface area contributed by atoms with Crippen molar-refractivity contribution in [1.29, 1.82) is 0 Å². The Hall–Kier alpha value is -4.42. The third kappa shape index (κ3) is 9.62. The number of rotatable bonds is 6. The fraction of sp³-hybridized carbons (Fsp3) is 0.393. The zero-order valence-electron chi connectivity index (χ0n) is 23.6. The lowest BCUT2D eigenvalue weighted by molar-refractivity contribution is -0.137. The van der Waals surface area contributed by atoms with Crippen molar-refractivity contribution >= 4 is 23.9 Å². The summed E-state index contributed by atoms with van der Waals surface area (Å²) in [6, 6.07) is 7.87. The SMILES string of the molecule is CC(C)(C)OC(=O)N(Cc1ccc(C(=O)Nc2cn(Cc3cccc(C(F)(F)F)c3)cn2)cn1)C(=O)OC(C)(C)C. The van der Waals surface area contributed by atoms with Crippen molar-refractivity contribution in [3.05, 3.63) is 77.5 Å². The van der Waals surface area contributed by atoms with E-state index in [0.717, 1.165) is 17.0 Å². The highest BCUT2D eigenvalue weighted by Gasteiger charge is 2.32. The molecule has 220 valence electrons. The summed E-state index contributed by atoms with van der Waals surface area (Å²) in [5, 5.41) is 2.60. The lowest BCUT2D eigenvalue weighted by Crippen LogP contribution is -2.43. The number of imide groups is 1. The molecule has 41 heavy (non-hydrogen) atoms. The molecule has 1 aromatic carbocycles. The van der Waals surface area contributed by atoms with Gasteiger partial charge in [-0.3, -0.25) is 9.78 Å². The van der Waals surface area contributed by atoms with Gasteiger partial charge in [-0.2, -0.15) is 13.2 Å². The minimum atomic E-state index is -4.45. The third-order valence-electron chi connectivity index (χ3n) is 5.13. The van der Waals surface area contributed by atoms with E-state index >= 15 is 0 Å². The smallest absolute Gasteiger partial charge is 0.420 e. The lowest BCUT2D eigenvalue weighted by atomic mass is 10.1. The Bertz CT molecular complexity index is 1360. The van der Waals surface area contributed by atoms with Crippen molar-refractivity contribution < 1.29 is 37.0 Å². The van der Waals surface area contributed by atoms with Gasteiger partial charge in [0.2, 0.25) is 0 Å². The van der Waals surface area contributed by atoms with E-state index in [4.69, 9.17) is 9.47 Å². The van der Waals surface area contributed by atoms with Crippen LogP contribution in [0, 0.1) is 0 Å². The number of halogens is 3. The maximum atomic E-state index is 13.0. The van der Waals surface area contributed by atoms with Crippen LogP contribution in [0.15, 0.2) is 55.1 Å².